The number of carboxylic acid groups (broad SMARTS) is 1. The molecular formula is C9H12N2O4. The Morgan fingerprint density at radius 2 is 2.13 bits per heavy atom. The summed E-state index contributed by atoms with van der Waals surface area (Å²) in [6, 6.07) is -0.250. The van der Waals surface area contributed by atoms with E-state index >= 15 is 0 Å². The Bertz CT molecular complexity index is 324. The smallest absolute Gasteiger partial charge is 0.407 e. The minimum atomic E-state index is -0.997. The SMILES string of the molecule is CC(=O)NC(=O)/C=C/C1CCN1C(=O)O. The predicted octanol–water partition coefficient (Wildman–Crippen LogP) is -0.0424. The van der Waals surface area contributed by atoms with Gasteiger partial charge in [-0.05, 0) is 6.42 Å². The van der Waals surface area contributed by atoms with Crippen molar-refractivity contribution >= 4 is 17.9 Å². The molecule has 1 aliphatic heterocycles. The van der Waals surface area contributed by atoms with Gasteiger partial charge in [0.15, 0.2) is 0 Å². The van der Waals surface area contributed by atoms with Crippen LogP contribution in [-0.4, -0.2) is 40.5 Å². The highest BCUT2D eigenvalue weighted by Gasteiger charge is 2.29. The molecule has 15 heavy (non-hydrogen) atoms. The first-order valence-electron chi connectivity index (χ1n) is 4.50. The summed E-state index contributed by atoms with van der Waals surface area (Å²) in [5.41, 5.74) is 0. The van der Waals surface area contributed by atoms with E-state index in [1.54, 1.807) is 0 Å². The van der Waals surface area contributed by atoms with Gasteiger partial charge in [0.05, 0.1) is 6.04 Å². The molecular weight excluding hydrogens is 200 g/mol. The number of imide groups is 1. The van der Waals surface area contributed by atoms with Crippen molar-refractivity contribution in [1.82, 2.24) is 10.2 Å². The summed E-state index contributed by atoms with van der Waals surface area (Å²) in [7, 11) is 0. The molecule has 0 radical (unpaired) electrons. The maximum Gasteiger partial charge on any atom is 0.407 e. The van der Waals surface area contributed by atoms with E-state index in [-0.39, 0.29) is 6.04 Å². The lowest BCUT2D eigenvalue weighted by Gasteiger charge is -2.36. The van der Waals surface area contributed by atoms with Gasteiger partial charge in [-0.25, -0.2) is 4.79 Å². The van der Waals surface area contributed by atoms with Crippen molar-refractivity contribution in [2.75, 3.05) is 6.54 Å². The molecule has 1 unspecified atom stereocenters. The van der Waals surface area contributed by atoms with E-state index < -0.39 is 17.9 Å². The topological polar surface area (TPSA) is 86.7 Å². The monoisotopic (exact) mass is 212 g/mol. The van der Waals surface area contributed by atoms with Crippen LogP contribution in [0.5, 0.6) is 0 Å². The summed E-state index contributed by atoms with van der Waals surface area (Å²) < 4.78 is 0. The maximum atomic E-state index is 11.0. The molecule has 0 aliphatic carbocycles. The van der Waals surface area contributed by atoms with Gasteiger partial charge in [-0.1, -0.05) is 6.08 Å². The second-order valence-corrected chi connectivity index (χ2v) is 3.24. The molecule has 3 amide bonds. The van der Waals surface area contributed by atoms with Gasteiger partial charge in [-0.15, -0.1) is 0 Å². The Kier molecular flexibility index (Phi) is 3.43. The van der Waals surface area contributed by atoms with Crippen molar-refractivity contribution in [2.45, 2.75) is 19.4 Å². The summed E-state index contributed by atoms with van der Waals surface area (Å²) in [5, 5.41) is 10.7. The van der Waals surface area contributed by atoms with Crippen LogP contribution in [0.3, 0.4) is 0 Å². The molecule has 0 aromatic rings. The van der Waals surface area contributed by atoms with Crippen LogP contribution in [0.4, 0.5) is 4.79 Å². The van der Waals surface area contributed by atoms with Crippen molar-refractivity contribution < 1.29 is 19.5 Å². The largest absolute Gasteiger partial charge is 0.465 e. The average molecular weight is 212 g/mol. The average Bonchev–Trinajstić information content (AvgIpc) is 1.99. The highest BCUT2D eigenvalue weighted by atomic mass is 16.4. The van der Waals surface area contributed by atoms with Gasteiger partial charge >= 0.3 is 6.09 Å². The molecule has 0 saturated carbocycles. The highest BCUT2D eigenvalue weighted by molar-refractivity contribution is 6.00. The second kappa shape index (κ2) is 4.59. The number of nitrogens with one attached hydrogen (secondary N) is 1. The van der Waals surface area contributed by atoms with Crippen molar-refractivity contribution in [2.24, 2.45) is 0 Å². The molecule has 0 bridgehead atoms. The lowest BCUT2D eigenvalue weighted by Crippen LogP contribution is -2.49. The molecule has 1 rings (SSSR count). The van der Waals surface area contributed by atoms with Crippen LogP contribution >= 0.6 is 0 Å². The number of hydrogen-bond acceptors (Lipinski definition) is 3. The van der Waals surface area contributed by atoms with Crippen LogP contribution in [0.15, 0.2) is 12.2 Å². The Hall–Kier alpha value is -1.85. The number of carbonyl (C=O) groups is 3. The Balaban J connectivity index is 2.41. The first-order valence-corrected chi connectivity index (χ1v) is 4.50. The molecule has 6 heteroatoms. The fourth-order valence-corrected chi connectivity index (χ4v) is 1.26. The first kappa shape index (κ1) is 11.2. The number of nitrogens with zero attached hydrogens (tertiary/aromatic N) is 1. The zero-order chi connectivity index (χ0) is 11.4. The van der Waals surface area contributed by atoms with Crippen molar-refractivity contribution in [3.8, 4) is 0 Å². The summed E-state index contributed by atoms with van der Waals surface area (Å²) in [5.74, 6) is -0.965. The number of hydrogen-bond donors (Lipinski definition) is 2. The molecule has 1 atom stereocenters. The van der Waals surface area contributed by atoms with E-state index in [0.717, 1.165) is 0 Å². The molecule has 1 heterocycles. The third-order valence-electron chi connectivity index (χ3n) is 2.08. The Morgan fingerprint density at radius 3 is 2.53 bits per heavy atom. The third-order valence-corrected chi connectivity index (χ3v) is 2.08. The van der Waals surface area contributed by atoms with Gasteiger partial charge in [0.1, 0.15) is 0 Å². The van der Waals surface area contributed by atoms with E-state index in [4.69, 9.17) is 5.11 Å². The van der Waals surface area contributed by atoms with E-state index in [0.29, 0.717) is 13.0 Å². The van der Waals surface area contributed by atoms with Crippen molar-refractivity contribution in [3.05, 3.63) is 12.2 Å². The van der Waals surface area contributed by atoms with Gasteiger partial charge in [-0.3, -0.25) is 14.9 Å². The Labute approximate surface area is 86.6 Å². The zero-order valence-electron chi connectivity index (χ0n) is 8.27. The molecule has 0 spiro atoms. The molecule has 1 fully saturated rings. The van der Waals surface area contributed by atoms with Crippen molar-refractivity contribution in [1.29, 1.82) is 0 Å². The zero-order valence-corrected chi connectivity index (χ0v) is 8.27. The van der Waals surface area contributed by atoms with E-state index in [1.807, 2.05) is 0 Å². The number of amides is 3. The van der Waals surface area contributed by atoms with Gasteiger partial charge in [-0.2, -0.15) is 0 Å². The van der Waals surface area contributed by atoms with Crippen molar-refractivity contribution in [3.63, 3.8) is 0 Å². The minimum absolute atomic E-state index is 0.250. The first-order chi connectivity index (χ1) is 7.00. The molecule has 0 aromatic carbocycles. The number of likely N-dealkylation sites (tertiary alicyclic amines) is 1. The van der Waals surface area contributed by atoms with E-state index in [1.165, 1.54) is 24.0 Å². The van der Waals surface area contributed by atoms with Crippen LogP contribution in [0.25, 0.3) is 0 Å². The van der Waals surface area contributed by atoms with Crippen LogP contribution < -0.4 is 5.32 Å². The van der Waals surface area contributed by atoms with Crippen LogP contribution in [-0.2, 0) is 9.59 Å². The lowest BCUT2D eigenvalue weighted by atomic mass is 10.0. The normalized spacial score (nSPS) is 19.8. The predicted molar refractivity (Wildman–Crippen MR) is 51.1 cm³/mol. The van der Waals surface area contributed by atoms with Gasteiger partial charge in [0, 0.05) is 19.5 Å². The minimum Gasteiger partial charge on any atom is -0.465 e. The molecule has 1 saturated heterocycles. The number of carbonyl (C=O) groups excluding carboxylic acids is 2. The molecule has 6 nitrogen and oxygen atoms in total. The van der Waals surface area contributed by atoms with Gasteiger partial charge < -0.3 is 10.0 Å². The maximum absolute atomic E-state index is 11.0. The quantitative estimate of drug-likeness (QED) is 0.628. The molecule has 82 valence electrons. The molecule has 0 aromatic heterocycles. The van der Waals surface area contributed by atoms with Gasteiger partial charge in [0.25, 0.3) is 0 Å². The highest BCUT2D eigenvalue weighted by Crippen LogP contribution is 2.17. The fraction of sp³-hybridized carbons (Fsp3) is 0.444. The summed E-state index contributed by atoms with van der Waals surface area (Å²) in [6.07, 6.45) is 2.37. The Morgan fingerprint density at radius 1 is 1.47 bits per heavy atom. The fourth-order valence-electron chi connectivity index (χ4n) is 1.26. The van der Waals surface area contributed by atoms with Crippen LogP contribution in [0.1, 0.15) is 13.3 Å². The summed E-state index contributed by atoms with van der Waals surface area (Å²) in [6.45, 7) is 1.72. The lowest BCUT2D eigenvalue weighted by molar-refractivity contribution is -0.126. The summed E-state index contributed by atoms with van der Waals surface area (Å²) in [4.78, 5) is 33.2. The van der Waals surface area contributed by atoms with Crippen LogP contribution in [0, 0.1) is 0 Å². The second-order valence-electron chi connectivity index (χ2n) is 3.24. The van der Waals surface area contributed by atoms with Crippen LogP contribution in [0.2, 0.25) is 0 Å². The third kappa shape index (κ3) is 3.08. The van der Waals surface area contributed by atoms with E-state index in [9.17, 15) is 14.4 Å². The molecule has 2 N–H and O–H groups in total. The van der Waals surface area contributed by atoms with E-state index in [2.05, 4.69) is 5.32 Å². The number of rotatable bonds is 2. The van der Waals surface area contributed by atoms with Gasteiger partial charge in [0.2, 0.25) is 11.8 Å². The molecule has 1 aliphatic rings. The standard InChI is InChI=1S/C9H12N2O4/c1-6(12)10-8(13)3-2-7-4-5-11(7)9(14)15/h2-3,7H,4-5H2,1H3,(H,14,15)(H,10,12,13)/b3-2+. The summed E-state index contributed by atoms with van der Waals surface area (Å²) >= 11 is 0.